The highest BCUT2D eigenvalue weighted by Gasteiger charge is 2.11. The van der Waals surface area contributed by atoms with Crippen molar-refractivity contribution in [3.63, 3.8) is 0 Å². The first-order valence-corrected chi connectivity index (χ1v) is 5.96. The van der Waals surface area contributed by atoms with Gasteiger partial charge in [-0.15, -0.1) is 0 Å². The van der Waals surface area contributed by atoms with E-state index in [1.165, 1.54) is 0 Å². The van der Waals surface area contributed by atoms with E-state index in [-0.39, 0.29) is 6.04 Å². The lowest BCUT2D eigenvalue weighted by atomic mass is 10.2. The molecule has 0 bridgehead atoms. The highest BCUT2D eigenvalue weighted by Crippen LogP contribution is 2.12. The maximum atomic E-state index is 5.58. The van der Waals surface area contributed by atoms with Gasteiger partial charge < -0.3 is 14.5 Å². The molecule has 0 amide bonds. The normalized spacial score (nSPS) is 15.3. The quantitative estimate of drug-likeness (QED) is 0.774. The summed E-state index contributed by atoms with van der Waals surface area (Å²) in [5.41, 5.74) is 0. The molecule has 0 aromatic carbocycles. The van der Waals surface area contributed by atoms with Gasteiger partial charge >= 0.3 is 0 Å². The number of hydrogen-bond acceptors (Lipinski definition) is 3. The Morgan fingerprint density at radius 1 is 1.25 bits per heavy atom. The first-order chi connectivity index (χ1) is 7.59. The molecule has 0 fully saturated rings. The lowest BCUT2D eigenvalue weighted by Crippen LogP contribution is -2.33. The topological polar surface area (TPSA) is 34.4 Å². The maximum Gasteiger partial charge on any atom is 0.120 e. The SMILES string of the molecule is CC(C)COCC(C)NC(C)c1ccco1. The molecule has 0 radical (unpaired) electrons. The molecule has 2 unspecified atom stereocenters. The summed E-state index contributed by atoms with van der Waals surface area (Å²) in [4.78, 5) is 0. The Hall–Kier alpha value is -0.800. The second kappa shape index (κ2) is 6.71. The minimum Gasteiger partial charge on any atom is -0.468 e. The van der Waals surface area contributed by atoms with E-state index in [9.17, 15) is 0 Å². The third-order valence-electron chi connectivity index (χ3n) is 2.32. The Balaban J connectivity index is 2.21. The maximum absolute atomic E-state index is 5.58. The van der Waals surface area contributed by atoms with Crippen LogP contribution in [0.1, 0.15) is 39.5 Å². The third-order valence-corrected chi connectivity index (χ3v) is 2.32. The average Bonchev–Trinajstić information content (AvgIpc) is 2.69. The minimum absolute atomic E-state index is 0.229. The standard InChI is InChI=1S/C13H23NO2/c1-10(2)8-15-9-11(3)14-12(4)13-6-5-7-16-13/h5-7,10-12,14H,8-9H2,1-4H3. The van der Waals surface area contributed by atoms with Gasteiger partial charge in [-0.05, 0) is 31.9 Å². The summed E-state index contributed by atoms with van der Waals surface area (Å²) in [7, 11) is 0. The van der Waals surface area contributed by atoms with Crippen LogP contribution in [0, 0.1) is 5.92 Å². The van der Waals surface area contributed by atoms with E-state index in [1.807, 2.05) is 12.1 Å². The molecule has 1 aromatic rings. The zero-order valence-electron chi connectivity index (χ0n) is 10.7. The molecule has 2 atom stereocenters. The van der Waals surface area contributed by atoms with E-state index in [0.29, 0.717) is 12.0 Å². The van der Waals surface area contributed by atoms with Crippen LogP contribution >= 0.6 is 0 Å². The summed E-state index contributed by atoms with van der Waals surface area (Å²) in [6.07, 6.45) is 1.70. The van der Waals surface area contributed by atoms with Crippen molar-refractivity contribution >= 4 is 0 Å². The molecule has 1 rings (SSSR count). The first kappa shape index (κ1) is 13.3. The van der Waals surface area contributed by atoms with Gasteiger partial charge in [-0.2, -0.15) is 0 Å². The lowest BCUT2D eigenvalue weighted by molar-refractivity contribution is 0.0908. The molecule has 0 aliphatic carbocycles. The van der Waals surface area contributed by atoms with Crippen molar-refractivity contribution in [3.8, 4) is 0 Å². The van der Waals surface area contributed by atoms with Crippen molar-refractivity contribution in [1.29, 1.82) is 0 Å². The Kier molecular flexibility index (Phi) is 5.56. The van der Waals surface area contributed by atoms with E-state index < -0.39 is 0 Å². The van der Waals surface area contributed by atoms with Crippen LogP contribution in [0.25, 0.3) is 0 Å². The smallest absolute Gasteiger partial charge is 0.120 e. The van der Waals surface area contributed by atoms with E-state index in [0.717, 1.165) is 19.0 Å². The lowest BCUT2D eigenvalue weighted by Gasteiger charge is -2.19. The zero-order valence-corrected chi connectivity index (χ0v) is 10.7. The van der Waals surface area contributed by atoms with Crippen LogP contribution in [0.15, 0.2) is 22.8 Å². The van der Waals surface area contributed by atoms with Crippen molar-refractivity contribution in [2.45, 2.75) is 39.8 Å². The molecule has 3 nitrogen and oxygen atoms in total. The van der Waals surface area contributed by atoms with E-state index in [2.05, 4.69) is 33.0 Å². The van der Waals surface area contributed by atoms with Crippen LogP contribution in [-0.2, 0) is 4.74 Å². The Morgan fingerprint density at radius 2 is 2.00 bits per heavy atom. The molecule has 3 heteroatoms. The number of rotatable bonds is 7. The Bertz CT molecular complexity index is 269. The molecular formula is C13H23NO2. The van der Waals surface area contributed by atoms with Crippen molar-refractivity contribution in [2.24, 2.45) is 5.92 Å². The molecule has 1 heterocycles. The number of hydrogen-bond donors (Lipinski definition) is 1. The van der Waals surface area contributed by atoms with Crippen molar-refractivity contribution < 1.29 is 9.15 Å². The third kappa shape index (κ3) is 4.81. The molecule has 0 aliphatic rings. The summed E-state index contributed by atoms with van der Waals surface area (Å²) in [5, 5.41) is 3.44. The largest absolute Gasteiger partial charge is 0.468 e. The van der Waals surface area contributed by atoms with Crippen molar-refractivity contribution in [1.82, 2.24) is 5.32 Å². The molecule has 16 heavy (non-hydrogen) atoms. The Morgan fingerprint density at radius 3 is 2.56 bits per heavy atom. The van der Waals surface area contributed by atoms with Gasteiger partial charge in [0.05, 0.1) is 18.9 Å². The predicted molar refractivity (Wildman–Crippen MR) is 65.4 cm³/mol. The molecule has 0 aliphatic heterocycles. The molecular weight excluding hydrogens is 202 g/mol. The fourth-order valence-corrected chi connectivity index (χ4v) is 1.58. The molecule has 1 N–H and O–H groups in total. The number of nitrogens with one attached hydrogen (secondary N) is 1. The fraction of sp³-hybridized carbons (Fsp3) is 0.692. The van der Waals surface area contributed by atoms with Gasteiger partial charge in [0.25, 0.3) is 0 Å². The number of furan rings is 1. The first-order valence-electron chi connectivity index (χ1n) is 5.96. The van der Waals surface area contributed by atoms with Crippen LogP contribution in [0.4, 0.5) is 0 Å². The van der Waals surface area contributed by atoms with Crippen LogP contribution in [0.3, 0.4) is 0 Å². The summed E-state index contributed by atoms with van der Waals surface area (Å²) in [6.45, 7) is 10.1. The fourth-order valence-electron chi connectivity index (χ4n) is 1.58. The van der Waals surface area contributed by atoms with E-state index in [4.69, 9.17) is 9.15 Å². The van der Waals surface area contributed by atoms with Crippen LogP contribution in [0.5, 0.6) is 0 Å². The minimum atomic E-state index is 0.229. The summed E-state index contributed by atoms with van der Waals surface area (Å²) in [6, 6.07) is 4.46. The molecule has 0 spiro atoms. The zero-order chi connectivity index (χ0) is 12.0. The van der Waals surface area contributed by atoms with E-state index >= 15 is 0 Å². The predicted octanol–water partition coefficient (Wildman–Crippen LogP) is 2.99. The summed E-state index contributed by atoms with van der Waals surface area (Å²) >= 11 is 0. The molecule has 92 valence electrons. The molecule has 0 saturated heterocycles. The second-order valence-electron chi connectivity index (χ2n) is 4.74. The van der Waals surface area contributed by atoms with Gasteiger partial charge in [0.1, 0.15) is 5.76 Å². The van der Waals surface area contributed by atoms with Gasteiger partial charge in [-0.25, -0.2) is 0 Å². The van der Waals surface area contributed by atoms with Crippen LogP contribution in [-0.4, -0.2) is 19.3 Å². The van der Waals surface area contributed by atoms with Crippen LogP contribution < -0.4 is 5.32 Å². The average molecular weight is 225 g/mol. The van der Waals surface area contributed by atoms with E-state index in [1.54, 1.807) is 6.26 Å². The number of ether oxygens (including phenoxy) is 1. The summed E-state index contributed by atoms with van der Waals surface area (Å²) < 4.78 is 10.9. The monoisotopic (exact) mass is 225 g/mol. The van der Waals surface area contributed by atoms with Gasteiger partial charge in [0.15, 0.2) is 0 Å². The Labute approximate surface area is 98.2 Å². The molecule has 0 saturated carbocycles. The highest BCUT2D eigenvalue weighted by atomic mass is 16.5. The van der Waals surface area contributed by atoms with Gasteiger partial charge in [-0.1, -0.05) is 13.8 Å². The van der Waals surface area contributed by atoms with Crippen LogP contribution in [0.2, 0.25) is 0 Å². The molecule has 1 aromatic heterocycles. The summed E-state index contributed by atoms with van der Waals surface area (Å²) in [5.74, 6) is 1.56. The second-order valence-corrected chi connectivity index (χ2v) is 4.74. The van der Waals surface area contributed by atoms with Gasteiger partial charge in [0.2, 0.25) is 0 Å². The van der Waals surface area contributed by atoms with Crippen molar-refractivity contribution in [2.75, 3.05) is 13.2 Å². The van der Waals surface area contributed by atoms with Gasteiger partial charge in [-0.3, -0.25) is 0 Å². The van der Waals surface area contributed by atoms with Gasteiger partial charge in [0, 0.05) is 12.6 Å². The van der Waals surface area contributed by atoms with Crippen molar-refractivity contribution in [3.05, 3.63) is 24.2 Å². The highest BCUT2D eigenvalue weighted by molar-refractivity contribution is 5.03.